The fraction of sp³-hybridized carbons (Fsp3) is 0.611. The van der Waals surface area contributed by atoms with E-state index in [1.54, 1.807) is 18.2 Å². The number of hydrogen-bond acceptors (Lipinski definition) is 2. The Morgan fingerprint density at radius 3 is 2.29 bits per heavy atom. The van der Waals surface area contributed by atoms with Gasteiger partial charge < -0.3 is 9.84 Å². The van der Waals surface area contributed by atoms with E-state index in [4.69, 9.17) is 9.84 Å². The molecule has 0 heterocycles. The second-order valence-electron chi connectivity index (χ2n) is 5.63. The Labute approximate surface area is 128 Å². The van der Waals surface area contributed by atoms with E-state index in [1.807, 2.05) is 6.92 Å². The second-order valence-corrected chi connectivity index (χ2v) is 5.63. The first-order valence-electron chi connectivity index (χ1n) is 8.12. The zero-order chi connectivity index (χ0) is 15.5. The van der Waals surface area contributed by atoms with Gasteiger partial charge in [-0.05, 0) is 31.0 Å². The van der Waals surface area contributed by atoms with E-state index in [0.717, 1.165) is 18.4 Å². The van der Waals surface area contributed by atoms with Crippen molar-refractivity contribution in [1.82, 2.24) is 0 Å². The van der Waals surface area contributed by atoms with Gasteiger partial charge >= 0.3 is 5.97 Å². The molecule has 21 heavy (non-hydrogen) atoms. The summed E-state index contributed by atoms with van der Waals surface area (Å²) in [5.41, 5.74) is 1.27. The van der Waals surface area contributed by atoms with Gasteiger partial charge in [0.05, 0.1) is 6.61 Å². The molecule has 0 saturated heterocycles. The third-order valence-electron chi connectivity index (χ3n) is 3.62. The lowest BCUT2D eigenvalue weighted by Crippen LogP contribution is -2.04. The lowest BCUT2D eigenvalue weighted by molar-refractivity contribution is 0.0692. The number of carboxylic acid groups (broad SMARTS) is 1. The predicted molar refractivity (Wildman–Crippen MR) is 86.2 cm³/mol. The smallest absolute Gasteiger partial charge is 0.339 e. The van der Waals surface area contributed by atoms with Crippen molar-refractivity contribution in [3.8, 4) is 5.75 Å². The van der Waals surface area contributed by atoms with Gasteiger partial charge in [-0.1, -0.05) is 57.9 Å². The molecule has 0 fully saturated rings. The van der Waals surface area contributed by atoms with E-state index in [1.165, 1.54) is 38.5 Å². The van der Waals surface area contributed by atoms with Crippen LogP contribution >= 0.6 is 0 Å². The predicted octanol–water partition coefficient (Wildman–Crippen LogP) is 5.21. The van der Waals surface area contributed by atoms with Crippen molar-refractivity contribution < 1.29 is 14.6 Å². The number of ether oxygens (including phenoxy) is 1. The summed E-state index contributed by atoms with van der Waals surface area (Å²) in [6.07, 6.45) is 9.98. The summed E-state index contributed by atoms with van der Waals surface area (Å²) in [6, 6.07) is 5.21. The molecular formula is C18H28O3. The number of benzene rings is 1. The molecule has 1 rings (SSSR count). The molecule has 0 amide bonds. The summed E-state index contributed by atoms with van der Waals surface area (Å²) >= 11 is 0. The first-order valence-corrected chi connectivity index (χ1v) is 8.12. The monoisotopic (exact) mass is 292 g/mol. The van der Waals surface area contributed by atoms with Gasteiger partial charge in [0.15, 0.2) is 0 Å². The quantitative estimate of drug-likeness (QED) is 0.569. The zero-order valence-corrected chi connectivity index (χ0v) is 13.4. The molecule has 1 N–H and O–H groups in total. The Balaban J connectivity index is 2.21. The fourth-order valence-electron chi connectivity index (χ4n) is 2.34. The van der Waals surface area contributed by atoms with Crippen LogP contribution in [0.2, 0.25) is 0 Å². The van der Waals surface area contributed by atoms with Crippen LogP contribution in [0.5, 0.6) is 5.75 Å². The zero-order valence-electron chi connectivity index (χ0n) is 13.4. The molecule has 0 aliphatic rings. The van der Waals surface area contributed by atoms with E-state index in [2.05, 4.69) is 6.92 Å². The van der Waals surface area contributed by atoms with Crippen molar-refractivity contribution in [3.63, 3.8) is 0 Å². The van der Waals surface area contributed by atoms with Crippen molar-refractivity contribution in [2.75, 3.05) is 6.61 Å². The van der Waals surface area contributed by atoms with Crippen LogP contribution in [0.25, 0.3) is 0 Å². The highest BCUT2D eigenvalue weighted by atomic mass is 16.5. The van der Waals surface area contributed by atoms with Gasteiger partial charge in [-0.15, -0.1) is 0 Å². The number of aromatic carboxylic acids is 1. The molecular weight excluding hydrogens is 264 g/mol. The van der Waals surface area contributed by atoms with E-state index in [9.17, 15) is 4.79 Å². The summed E-state index contributed by atoms with van der Waals surface area (Å²) in [5.74, 6) is -0.439. The third-order valence-corrected chi connectivity index (χ3v) is 3.62. The number of carboxylic acids is 1. The van der Waals surface area contributed by atoms with Crippen LogP contribution in [0.4, 0.5) is 0 Å². The number of hydrogen-bond donors (Lipinski definition) is 1. The van der Waals surface area contributed by atoms with Gasteiger partial charge in [-0.3, -0.25) is 0 Å². The minimum Gasteiger partial charge on any atom is -0.493 e. The summed E-state index contributed by atoms with van der Waals surface area (Å²) in [6.45, 7) is 4.77. The van der Waals surface area contributed by atoms with Crippen LogP contribution in [0.1, 0.15) is 74.2 Å². The van der Waals surface area contributed by atoms with Crippen LogP contribution in [0, 0.1) is 6.92 Å². The average molecular weight is 292 g/mol. The molecule has 3 nitrogen and oxygen atoms in total. The van der Waals surface area contributed by atoms with Crippen molar-refractivity contribution in [1.29, 1.82) is 0 Å². The molecule has 0 spiro atoms. The molecule has 0 unspecified atom stereocenters. The van der Waals surface area contributed by atoms with Crippen LogP contribution in [-0.2, 0) is 0 Å². The number of unbranched alkanes of at least 4 members (excludes halogenated alkanes) is 7. The number of rotatable bonds is 11. The Morgan fingerprint density at radius 2 is 1.67 bits per heavy atom. The molecule has 1 aromatic carbocycles. The van der Waals surface area contributed by atoms with Crippen molar-refractivity contribution in [3.05, 3.63) is 29.3 Å². The van der Waals surface area contributed by atoms with Crippen LogP contribution in [0.3, 0.4) is 0 Å². The highest BCUT2D eigenvalue weighted by molar-refractivity contribution is 5.90. The Morgan fingerprint density at radius 1 is 1.05 bits per heavy atom. The average Bonchev–Trinajstić information content (AvgIpc) is 2.45. The molecule has 0 saturated carbocycles. The highest BCUT2D eigenvalue weighted by Gasteiger charge is 2.10. The second kappa shape index (κ2) is 10.3. The fourth-order valence-corrected chi connectivity index (χ4v) is 2.34. The first kappa shape index (κ1) is 17.5. The van der Waals surface area contributed by atoms with E-state index < -0.39 is 5.97 Å². The van der Waals surface area contributed by atoms with E-state index in [0.29, 0.717) is 12.4 Å². The normalized spacial score (nSPS) is 10.6. The summed E-state index contributed by atoms with van der Waals surface area (Å²) in [7, 11) is 0. The largest absolute Gasteiger partial charge is 0.493 e. The van der Waals surface area contributed by atoms with Gasteiger partial charge in [0.1, 0.15) is 11.3 Å². The summed E-state index contributed by atoms with van der Waals surface area (Å²) in [4.78, 5) is 11.1. The SMILES string of the molecule is CCCCCCCCCCOc1cc(C)ccc1C(=O)O. The molecule has 0 atom stereocenters. The maximum Gasteiger partial charge on any atom is 0.339 e. The minimum atomic E-state index is -0.930. The van der Waals surface area contributed by atoms with Gasteiger partial charge in [-0.2, -0.15) is 0 Å². The Bertz CT molecular complexity index is 426. The van der Waals surface area contributed by atoms with E-state index >= 15 is 0 Å². The molecule has 0 aromatic heterocycles. The van der Waals surface area contributed by atoms with Gasteiger partial charge in [-0.25, -0.2) is 4.79 Å². The number of carbonyl (C=O) groups is 1. The summed E-state index contributed by atoms with van der Waals surface area (Å²) in [5, 5.41) is 9.12. The highest BCUT2D eigenvalue weighted by Crippen LogP contribution is 2.21. The summed E-state index contributed by atoms with van der Waals surface area (Å²) < 4.78 is 5.64. The molecule has 0 aliphatic carbocycles. The van der Waals surface area contributed by atoms with Crippen molar-refractivity contribution in [2.45, 2.75) is 65.2 Å². The van der Waals surface area contributed by atoms with Gasteiger partial charge in [0, 0.05) is 0 Å². The minimum absolute atomic E-state index is 0.250. The maximum absolute atomic E-state index is 11.1. The third kappa shape index (κ3) is 7.16. The van der Waals surface area contributed by atoms with E-state index in [-0.39, 0.29) is 5.56 Å². The molecule has 118 valence electrons. The molecule has 3 heteroatoms. The first-order chi connectivity index (χ1) is 10.1. The standard InChI is InChI=1S/C18H28O3/c1-3-4-5-6-7-8-9-10-13-21-17-14-15(2)11-12-16(17)18(19)20/h11-12,14H,3-10,13H2,1-2H3,(H,19,20). The molecule has 0 aliphatic heterocycles. The van der Waals surface area contributed by atoms with Crippen LogP contribution < -0.4 is 4.74 Å². The van der Waals surface area contributed by atoms with Crippen LogP contribution in [-0.4, -0.2) is 17.7 Å². The van der Waals surface area contributed by atoms with Gasteiger partial charge in [0.25, 0.3) is 0 Å². The number of aryl methyl sites for hydroxylation is 1. The Hall–Kier alpha value is -1.51. The molecule has 1 aromatic rings. The lowest BCUT2D eigenvalue weighted by atomic mass is 10.1. The van der Waals surface area contributed by atoms with Crippen LogP contribution in [0.15, 0.2) is 18.2 Å². The van der Waals surface area contributed by atoms with Crippen molar-refractivity contribution >= 4 is 5.97 Å². The molecule has 0 radical (unpaired) electrons. The molecule has 0 bridgehead atoms. The lowest BCUT2D eigenvalue weighted by Gasteiger charge is -2.10. The van der Waals surface area contributed by atoms with Crippen molar-refractivity contribution in [2.24, 2.45) is 0 Å². The topological polar surface area (TPSA) is 46.5 Å². The Kier molecular flexibility index (Phi) is 8.56. The van der Waals surface area contributed by atoms with Gasteiger partial charge in [0.2, 0.25) is 0 Å². The maximum atomic E-state index is 11.1.